The number of thiophene rings is 1. The highest BCUT2D eigenvalue weighted by Gasteiger charge is 2.22. The van der Waals surface area contributed by atoms with Crippen LogP contribution < -0.4 is 0 Å². The van der Waals surface area contributed by atoms with Crippen LogP contribution >= 0.6 is 11.3 Å². The van der Waals surface area contributed by atoms with E-state index in [1.807, 2.05) is 17.6 Å². The zero-order chi connectivity index (χ0) is 34.6. The Morgan fingerprint density at radius 2 is 1.06 bits per heavy atom. The topological polar surface area (TPSA) is 26.3 Å². The highest BCUT2D eigenvalue weighted by atomic mass is 32.1. The van der Waals surface area contributed by atoms with Crippen LogP contribution in [0.4, 0.5) is 0 Å². The van der Waals surface area contributed by atoms with Crippen molar-refractivity contribution in [2.75, 3.05) is 0 Å². The van der Waals surface area contributed by atoms with Crippen LogP contribution in [0.5, 0.6) is 0 Å². The van der Waals surface area contributed by atoms with Gasteiger partial charge in [0.2, 0.25) is 0 Å². The molecule has 9 aromatic carbocycles. The standard InChI is InChI=1S/C50H28O2S/c1-2-11-29(12-3-1)41-28-51-42-23-24-44-49(48(41)42)38-22-21-32(27-45(38)53-44)46-33-15-6-8-17-35(33)47(36-18-9-7-16-34(36)46)39-20-10-19-37-40-25-30-13-4-5-14-31(30)26-43(40)52-50(37)39/h1-28H. The molecule has 0 radical (unpaired) electrons. The van der Waals surface area contributed by atoms with Crippen LogP contribution in [0.3, 0.4) is 0 Å². The maximum atomic E-state index is 6.79. The van der Waals surface area contributed by atoms with Crippen molar-refractivity contribution in [3.05, 3.63) is 170 Å². The van der Waals surface area contributed by atoms with Gasteiger partial charge in [0.1, 0.15) is 16.7 Å². The highest BCUT2D eigenvalue weighted by molar-refractivity contribution is 7.26. The molecular weight excluding hydrogens is 665 g/mol. The fourth-order valence-corrected chi connectivity index (χ4v) is 9.94. The van der Waals surface area contributed by atoms with Gasteiger partial charge in [0, 0.05) is 53.0 Å². The van der Waals surface area contributed by atoms with Gasteiger partial charge in [-0.3, -0.25) is 0 Å². The molecule has 12 rings (SSSR count). The maximum absolute atomic E-state index is 6.79. The number of para-hydroxylation sites is 1. The summed E-state index contributed by atoms with van der Waals surface area (Å²) >= 11 is 1.85. The van der Waals surface area contributed by atoms with E-state index >= 15 is 0 Å². The fourth-order valence-electron chi connectivity index (χ4n) is 8.79. The predicted molar refractivity (Wildman–Crippen MR) is 225 cm³/mol. The first-order chi connectivity index (χ1) is 26.3. The number of hydrogen-bond acceptors (Lipinski definition) is 3. The van der Waals surface area contributed by atoms with Crippen LogP contribution in [0.2, 0.25) is 0 Å². The molecule has 0 saturated heterocycles. The molecule has 12 aromatic rings. The Morgan fingerprint density at radius 3 is 1.83 bits per heavy atom. The second-order valence-corrected chi connectivity index (χ2v) is 15.0. The van der Waals surface area contributed by atoms with Gasteiger partial charge in [0.15, 0.2) is 0 Å². The Hall–Kier alpha value is -6.68. The van der Waals surface area contributed by atoms with Crippen LogP contribution in [0, 0.1) is 0 Å². The summed E-state index contributed by atoms with van der Waals surface area (Å²) < 4.78 is 15.4. The lowest BCUT2D eigenvalue weighted by molar-refractivity contribution is 0.617. The number of rotatable bonds is 3. The molecule has 0 aliphatic heterocycles. The van der Waals surface area contributed by atoms with E-state index in [1.54, 1.807) is 0 Å². The van der Waals surface area contributed by atoms with E-state index in [4.69, 9.17) is 8.83 Å². The van der Waals surface area contributed by atoms with Gasteiger partial charge >= 0.3 is 0 Å². The second kappa shape index (κ2) is 10.9. The Kier molecular flexibility index (Phi) is 5.96. The van der Waals surface area contributed by atoms with Crippen molar-refractivity contribution in [1.29, 1.82) is 0 Å². The summed E-state index contributed by atoms with van der Waals surface area (Å²) in [5.74, 6) is 0. The normalized spacial score (nSPS) is 12.2. The zero-order valence-electron chi connectivity index (χ0n) is 28.4. The molecule has 2 nitrogen and oxygen atoms in total. The van der Waals surface area contributed by atoms with E-state index in [0.29, 0.717) is 0 Å². The maximum Gasteiger partial charge on any atom is 0.143 e. The van der Waals surface area contributed by atoms with E-state index in [2.05, 4.69) is 164 Å². The monoisotopic (exact) mass is 692 g/mol. The third kappa shape index (κ3) is 4.14. The summed E-state index contributed by atoms with van der Waals surface area (Å²) in [5.41, 5.74) is 9.83. The lowest BCUT2D eigenvalue weighted by Crippen LogP contribution is -1.91. The number of hydrogen-bond donors (Lipinski definition) is 0. The van der Waals surface area contributed by atoms with Crippen molar-refractivity contribution in [3.63, 3.8) is 0 Å². The average Bonchev–Trinajstić information content (AvgIpc) is 3.92. The van der Waals surface area contributed by atoms with Gasteiger partial charge in [-0.25, -0.2) is 0 Å². The molecule has 0 bridgehead atoms. The summed E-state index contributed by atoms with van der Waals surface area (Å²) in [4.78, 5) is 0. The molecule has 3 heteroatoms. The van der Waals surface area contributed by atoms with Crippen LogP contribution in [-0.2, 0) is 0 Å². The van der Waals surface area contributed by atoms with E-state index in [-0.39, 0.29) is 0 Å². The molecule has 0 aliphatic rings. The van der Waals surface area contributed by atoms with Crippen LogP contribution in [0.25, 0.3) is 119 Å². The second-order valence-electron chi connectivity index (χ2n) is 14.0. The van der Waals surface area contributed by atoms with Crippen LogP contribution in [0.15, 0.2) is 179 Å². The Morgan fingerprint density at radius 1 is 0.377 bits per heavy atom. The molecule has 246 valence electrons. The predicted octanol–water partition coefficient (Wildman–Crippen LogP) is 15.2. The molecule has 0 amide bonds. The molecule has 0 spiro atoms. The summed E-state index contributed by atoms with van der Waals surface area (Å²) in [6, 6.07) is 59.2. The first kappa shape index (κ1) is 29.0. The van der Waals surface area contributed by atoms with E-state index in [9.17, 15) is 0 Å². The molecule has 53 heavy (non-hydrogen) atoms. The minimum atomic E-state index is 0.914. The molecule has 0 fully saturated rings. The quantitative estimate of drug-likeness (QED) is 0.172. The Labute approximate surface area is 307 Å². The summed E-state index contributed by atoms with van der Waals surface area (Å²) in [6.07, 6.45) is 1.91. The summed E-state index contributed by atoms with van der Waals surface area (Å²) in [5, 5.41) is 13.3. The van der Waals surface area contributed by atoms with E-state index in [1.165, 1.54) is 80.1 Å². The first-order valence-corrected chi connectivity index (χ1v) is 18.8. The lowest BCUT2D eigenvalue weighted by Gasteiger charge is -2.18. The van der Waals surface area contributed by atoms with Gasteiger partial charge in [0.05, 0.1) is 6.26 Å². The van der Waals surface area contributed by atoms with Gasteiger partial charge in [-0.2, -0.15) is 0 Å². The molecular formula is C50H28O2S. The van der Waals surface area contributed by atoms with Gasteiger partial charge in [-0.05, 0) is 79.3 Å². The van der Waals surface area contributed by atoms with Gasteiger partial charge < -0.3 is 8.83 Å². The van der Waals surface area contributed by atoms with E-state index < -0.39 is 0 Å². The van der Waals surface area contributed by atoms with Crippen LogP contribution in [0.1, 0.15) is 0 Å². The SMILES string of the molecule is c1ccc(-c2coc3ccc4sc5cc(-c6c7ccccc7c(-c7cccc8c7oc7cc9ccccc9cc78)c7ccccc67)ccc5c4c23)cc1. The lowest BCUT2D eigenvalue weighted by atomic mass is 9.85. The first-order valence-electron chi connectivity index (χ1n) is 18.0. The highest BCUT2D eigenvalue weighted by Crippen LogP contribution is 2.49. The number of furan rings is 2. The molecule has 0 N–H and O–H groups in total. The fraction of sp³-hybridized carbons (Fsp3) is 0. The Bertz CT molecular complexity index is 3390. The van der Waals surface area contributed by atoms with Gasteiger partial charge in [0.25, 0.3) is 0 Å². The molecule has 3 aromatic heterocycles. The molecule has 3 heterocycles. The minimum Gasteiger partial charge on any atom is -0.464 e. The van der Waals surface area contributed by atoms with E-state index in [0.717, 1.165) is 38.6 Å². The summed E-state index contributed by atoms with van der Waals surface area (Å²) in [6.45, 7) is 0. The molecule has 0 saturated carbocycles. The van der Waals surface area contributed by atoms with Crippen molar-refractivity contribution in [3.8, 4) is 33.4 Å². The third-order valence-electron chi connectivity index (χ3n) is 11.1. The minimum absolute atomic E-state index is 0.914. The molecule has 0 aliphatic carbocycles. The van der Waals surface area contributed by atoms with Crippen molar-refractivity contribution in [2.45, 2.75) is 0 Å². The average molecular weight is 693 g/mol. The smallest absolute Gasteiger partial charge is 0.143 e. The van der Waals surface area contributed by atoms with Crippen molar-refractivity contribution >= 4 is 96.7 Å². The molecule has 0 unspecified atom stereocenters. The zero-order valence-corrected chi connectivity index (χ0v) is 29.2. The van der Waals surface area contributed by atoms with Gasteiger partial charge in [-0.1, -0.05) is 133 Å². The van der Waals surface area contributed by atoms with Gasteiger partial charge in [-0.15, -0.1) is 11.3 Å². The third-order valence-corrected chi connectivity index (χ3v) is 12.2. The van der Waals surface area contributed by atoms with Crippen molar-refractivity contribution < 1.29 is 8.83 Å². The van der Waals surface area contributed by atoms with Crippen LogP contribution in [-0.4, -0.2) is 0 Å². The molecule has 0 atom stereocenters. The largest absolute Gasteiger partial charge is 0.464 e. The summed E-state index contributed by atoms with van der Waals surface area (Å²) in [7, 11) is 0. The van der Waals surface area contributed by atoms with Crippen molar-refractivity contribution in [2.24, 2.45) is 0 Å². The number of benzene rings is 9. The van der Waals surface area contributed by atoms with Crippen molar-refractivity contribution in [1.82, 2.24) is 0 Å². The Balaban J connectivity index is 1.12. The number of fused-ring (bicyclic) bond motifs is 11.